The van der Waals surface area contributed by atoms with E-state index < -0.39 is 6.10 Å². The number of nitrogens with one attached hydrogen (secondary N) is 1. The van der Waals surface area contributed by atoms with Gasteiger partial charge in [-0.25, -0.2) is 4.39 Å². The summed E-state index contributed by atoms with van der Waals surface area (Å²) in [5, 5.41) is 11.0. The molecular formula is C14H16FN3O2S2. The monoisotopic (exact) mass is 341 g/mol. The number of ether oxygens (including phenoxy) is 1. The second kappa shape index (κ2) is 8.09. The van der Waals surface area contributed by atoms with Crippen LogP contribution in [0.3, 0.4) is 0 Å². The third kappa shape index (κ3) is 4.67. The molecule has 0 aliphatic carbocycles. The Kier molecular flexibility index (Phi) is 6.14. The van der Waals surface area contributed by atoms with Crippen molar-refractivity contribution < 1.29 is 13.9 Å². The van der Waals surface area contributed by atoms with E-state index in [1.54, 1.807) is 11.8 Å². The first kappa shape index (κ1) is 16.7. The van der Waals surface area contributed by atoms with Crippen LogP contribution in [0.1, 0.15) is 20.3 Å². The average Bonchev–Trinajstić information content (AvgIpc) is 2.94. The molecule has 1 heterocycles. The van der Waals surface area contributed by atoms with Crippen molar-refractivity contribution in [1.29, 1.82) is 0 Å². The molecule has 0 saturated carbocycles. The van der Waals surface area contributed by atoms with Crippen LogP contribution in [0.5, 0.6) is 5.75 Å². The molecule has 1 aromatic heterocycles. The molecule has 0 fully saturated rings. The van der Waals surface area contributed by atoms with Crippen molar-refractivity contribution in [3.63, 3.8) is 0 Å². The van der Waals surface area contributed by atoms with Gasteiger partial charge < -0.3 is 4.74 Å². The Morgan fingerprint density at radius 2 is 2.09 bits per heavy atom. The molecule has 1 amide bonds. The van der Waals surface area contributed by atoms with E-state index in [1.165, 1.54) is 35.6 Å². The molecule has 1 unspecified atom stereocenters. The van der Waals surface area contributed by atoms with Gasteiger partial charge in [-0.15, -0.1) is 10.2 Å². The molecule has 0 radical (unpaired) electrons. The topological polar surface area (TPSA) is 64.1 Å². The van der Waals surface area contributed by atoms with Gasteiger partial charge in [-0.3, -0.25) is 10.1 Å². The van der Waals surface area contributed by atoms with Crippen LogP contribution in [0.15, 0.2) is 28.6 Å². The zero-order valence-electron chi connectivity index (χ0n) is 12.2. The zero-order chi connectivity index (χ0) is 15.9. The molecule has 0 aliphatic rings. The van der Waals surface area contributed by atoms with Crippen molar-refractivity contribution in [3.05, 3.63) is 30.1 Å². The molecule has 118 valence electrons. The maximum atomic E-state index is 12.9. The van der Waals surface area contributed by atoms with E-state index in [2.05, 4.69) is 15.5 Å². The highest BCUT2D eigenvalue weighted by atomic mass is 32.2. The predicted octanol–water partition coefficient (Wildman–Crippen LogP) is 3.59. The zero-order valence-corrected chi connectivity index (χ0v) is 13.8. The summed E-state index contributed by atoms with van der Waals surface area (Å²) in [7, 11) is 0. The number of nitrogens with zero attached hydrogens (tertiary/aromatic N) is 2. The van der Waals surface area contributed by atoms with Gasteiger partial charge in [-0.2, -0.15) is 0 Å². The van der Waals surface area contributed by atoms with E-state index in [-0.39, 0.29) is 11.7 Å². The second-order valence-electron chi connectivity index (χ2n) is 4.26. The summed E-state index contributed by atoms with van der Waals surface area (Å²) in [6.45, 7) is 3.86. The molecule has 2 aromatic rings. The summed E-state index contributed by atoms with van der Waals surface area (Å²) in [6, 6.07) is 5.57. The Hall–Kier alpha value is -1.67. The molecule has 1 aromatic carbocycles. The Morgan fingerprint density at radius 1 is 1.36 bits per heavy atom. The van der Waals surface area contributed by atoms with Crippen LogP contribution in [-0.4, -0.2) is 28.0 Å². The predicted molar refractivity (Wildman–Crippen MR) is 86.0 cm³/mol. The molecule has 0 bridgehead atoms. The van der Waals surface area contributed by atoms with Crippen molar-refractivity contribution in [2.75, 3.05) is 11.1 Å². The standard InChI is InChI=1S/C14H16FN3O2S2/c1-3-11(20-10-7-5-9(15)6-8-10)12(19)16-13-17-18-14(22-13)21-4-2/h5-8,11H,3-4H2,1-2H3,(H,16,17,19). The Morgan fingerprint density at radius 3 is 2.73 bits per heavy atom. The summed E-state index contributed by atoms with van der Waals surface area (Å²) < 4.78 is 19.3. The number of anilines is 1. The lowest BCUT2D eigenvalue weighted by Crippen LogP contribution is -2.32. The van der Waals surface area contributed by atoms with Gasteiger partial charge in [0.15, 0.2) is 10.4 Å². The van der Waals surface area contributed by atoms with E-state index in [0.717, 1.165) is 10.1 Å². The summed E-state index contributed by atoms with van der Waals surface area (Å²) in [6.07, 6.45) is -0.185. The number of rotatable bonds is 7. The maximum Gasteiger partial charge on any atom is 0.267 e. The van der Waals surface area contributed by atoms with Crippen molar-refractivity contribution in [2.24, 2.45) is 0 Å². The maximum absolute atomic E-state index is 12.9. The van der Waals surface area contributed by atoms with E-state index in [0.29, 0.717) is 17.3 Å². The smallest absolute Gasteiger partial charge is 0.267 e. The SMILES string of the molecule is CCSc1nnc(NC(=O)C(CC)Oc2ccc(F)cc2)s1. The molecule has 0 saturated heterocycles. The summed E-state index contributed by atoms with van der Waals surface area (Å²) >= 11 is 2.89. The molecule has 22 heavy (non-hydrogen) atoms. The third-order valence-corrected chi connectivity index (χ3v) is 4.51. The van der Waals surface area contributed by atoms with E-state index in [9.17, 15) is 9.18 Å². The fourth-order valence-electron chi connectivity index (χ4n) is 1.63. The largest absolute Gasteiger partial charge is 0.481 e. The fourth-order valence-corrected chi connectivity index (χ4v) is 3.28. The highest BCUT2D eigenvalue weighted by Crippen LogP contribution is 2.25. The summed E-state index contributed by atoms with van der Waals surface area (Å²) in [5.41, 5.74) is 0. The Labute approximate surface area is 136 Å². The van der Waals surface area contributed by atoms with Gasteiger partial charge in [0.05, 0.1) is 0 Å². The lowest BCUT2D eigenvalue weighted by molar-refractivity contribution is -0.122. The van der Waals surface area contributed by atoms with Crippen molar-refractivity contribution in [3.8, 4) is 5.75 Å². The summed E-state index contributed by atoms with van der Waals surface area (Å²) in [5.74, 6) is 0.701. The number of hydrogen-bond acceptors (Lipinski definition) is 6. The van der Waals surface area contributed by atoms with Gasteiger partial charge in [0.1, 0.15) is 11.6 Å². The number of halogens is 1. The van der Waals surface area contributed by atoms with Gasteiger partial charge >= 0.3 is 0 Å². The van der Waals surface area contributed by atoms with Gasteiger partial charge in [0.2, 0.25) is 5.13 Å². The molecule has 1 atom stereocenters. The molecule has 1 N–H and O–H groups in total. The normalized spacial score (nSPS) is 12.0. The quantitative estimate of drug-likeness (QED) is 0.616. The number of hydrogen-bond donors (Lipinski definition) is 1. The van der Waals surface area contributed by atoms with E-state index in [4.69, 9.17) is 4.74 Å². The van der Waals surface area contributed by atoms with Gasteiger partial charge in [0.25, 0.3) is 5.91 Å². The number of amides is 1. The summed E-state index contributed by atoms with van der Waals surface area (Å²) in [4.78, 5) is 12.2. The van der Waals surface area contributed by atoms with Crippen LogP contribution in [0.4, 0.5) is 9.52 Å². The average molecular weight is 341 g/mol. The molecule has 5 nitrogen and oxygen atoms in total. The Balaban J connectivity index is 1.97. The van der Waals surface area contributed by atoms with E-state index >= 15 is 0 Å². The minimum Gasteiger partial charge on any atom is -0.481 e. The van der Waals surface area contributed by atoms with Gasteiger partial charge in [0, 0.05) is 0 Å². The van der Waals surface area contributed by atoms with Gasteiger partial charge in [-0.05, 0) is 36.4 Å². The van der Waals surface area contributed by atoms with E-state index in [1.807, 2.05) is 13.8 Å². The van der Waals surface area contributed by atoms with Crippen LogP contribution >= 0.6 is 23.1 Å². The first-order chi connectivity index (χ1) is 10.6. The number of carbonyl (C=O) groups excluding carboxylic acids is 1. The van der Waals surface area contributed by atoms with Crippen LogP contribution in [0.25, 0.3) is 0 Å². The lowest BCUT2D eigenvalue weighted by Gasteiger charge is -2.16. The highest BCUT2D eigenvalue weighted by Gasteiger charge is 2.20. The fraction of sp³-hybridized carbons (Fsp3) is 0.357. The molecule has 0 aliphatic heterocycles. The van der Waals surface area contributed by atoms with Crippen molar-refractivity contribution in [1.82, 2.24) is 10.2 Å². The number of benzene rings is 1. The number of carbonyl (C=O) groups is 1. The highest BCUT2D eigenvalue weighted by molar-refractivity contribution is 8.01. The molecule has 0 spiro atoms. The van der Waals surface area contributed by atoms with Gasteiger partial charge in [-0.1, -0.05) is 36.9 Å². The molecular weight excluding hydrogens is 325 g/mol. The van der Waals surface area contributed by atoms with Crippen LogP contribution in [0.2, 0.25) is 0 Å². The minimum absolute atomic E-state index is 0.295. The minimum atomic E-state index is -0.670. The number of aromatic nitrogens is 2. The first-order valence-corrected chi connectivity index (χ1v) is 8.62. The first-order valence-electron chi connectivity index (χ1n) is 6.81. The van der Waals surface area contributed by atoms with Crippen LogP contribution in [-0.2, 0) is 4.79 Å². The Bertz CT molecular complexity index is 619. The van der Waals surface area contributed by atoms with Crippen molar-refractivity contribution >= 4 is 34.1 Å². The lowest BCUT2D eigenvalue weighted by atomic mass is 10.2. The molecule has 8 heteroatoms. The number of thioether (sulfide) groups is 1. The van der Waals surface area contributed by atoms with Crippen molar-refractivity contribution in [2.45, 2.75) is 30.7 Å². The van der Waals surface area contributed by atoms with Crippen LogP contribution < -0.4 is 10.1 Å². The second-order valence-corrected chi connectivity index (χ2v) is 6.75. The molecule has 2 rings (SSSR count). The van der Waals surface area contributed by atoms with Crippen LogP contribution in [0, 0.1) is 5.82 Å². The third-order valence-electron chi connectivity index (χ3n) is 2.66.